The predicted molar refractivity (Wildman–Crippen MR) is 80.0 cm³/mol. The molecule has 3 heteroatoms. The van der Waals surface area contributed by atoms with Crippen molar-refractivity contribution in [1.29, 1.82) is 0 Å². The minimum atomic E-state index is 0.771. The first-order valence-corrected chi connectivity index (χ1v) is 7.64. The normalized spacial score (nSPS) is 16.4. The minimum absolute atomic E-state index is 0.771. The van der Waals surface area contributed by atoms with E-state index in [1.807, 2.05) is 6.20 Å². The van der Waals surface area contributed by atoms with Crippen LogP contribution in [-0.4, -0.2) is 29.5 Å². The average Bonchev–Trinajstić information content (AvgIpc) is 2.95. The SMILES string of the molecule is CCCNCc1ccc(CN(C)C2CCCC2)nc1. The van der Waals surface area contributed by atoms with E-state index in [4.69, 9.17) is 0 Å². The summed E-state index contributed by atoms with van der Waals surface area (Å²) in [6.07, 6.45) is 8.69. The van der Waals surface area contributed by atoms with Gasteiger partial charge in [0.25, 0.3) is 0 Å². The summed E-state index contributed by atoms with van der Waals surface area (Å²) in [6.45, 7) is 5.17. The lowest BCUT2D eigenvalue weighted by atomic mass is 10.2. The van der Waals surface area contributed by atoms with E-state index < -0.39 is 0 Å². The molecule has 1 N–H and O–H groups in total. The van der Waals surface area contributed by atoms with Crippen molar-refractivity contribution in [3.63, 3.8) is 0 Å². The van der Waals surface area contributed by atoms with Gasteiger partial charge in [-0.05, 0) is 44.5 Å². The lowest BCUT2D eigenvalue weighted by Gasteiger charge is -2.23. The fraction of sp³-hybridized carbons (Fsp3) is 0.688. The molecule has 0 saturated heterocycles. The van der Waals surface area contributed by atoms with Crippen LogP contribution >= 0.6 is 0 Å². The molecule has 0 amide bonds. The van der Waals surface area contributed by atoms with E-state index in [-0.39, 0.29) is 0 Å². The number of rotatable bonds is 7. The number of hydrogen-bond donors (Lipinski definition) is 1. The summed E-state index contributed by atoms with van der Waals surface area (Å²) >= 11 is 0. The fourth-order valence-corrected chi connectivity index (χ4v) is 2.79. The molecule has 0 aromatic carbocycles. The van der Waals surface area contributed by atoms with Gasteiger partial charge >= 0.3 is 0 Å². The minimum Gasteiger partial charge on any atom is -0.313 e. The van der Waals surface area contributed by atoms with Crippen LogP contribution in [0.2, 0.25) is 0 Å². The summed E-state index contributed by atoms with van der Waals surface area (Å²) in [5.41, 5.74) is 2.47. The molecule has 1 aliphatic rings. The van der Waals surface area contributed by atoms with E-state index in [1.54, 1.807) is 0 Å². The van der Waals surface area contributed by atoms with Crippen molar-refractivity contribution < 1.29 is 0 Å². The Balaban J connectivity index is 1.80. The Bertz CT molecular complexity index is 355. The first-order valence-electron chi connectivity index (χ1n) is 7.64. The largest absolute Gasteiger partial charge is 0.313 e. The zero-order chi connectivity index (χ0) is 13.5. The van der Waals surface area contributed by atoms with Crippen molar-refractivity contribution in [3.8, 4) is 0 Å². The maximum Gasteiger partial charge on any atom is 0.0544 e. The molecule has 0 bridgehead atoms. The zero-order valence-electron chi connectivity index (χ0n) is 12.4. The molecule has 0 aliphatic heterocycles. The highest BCUT2D eigenvalue weighted by Crippen LogP contribution is 2.23. The van der Waals surface area contributed by atoms with Crippen molar-refractivity contribution in [2.45, 2.75) is 58.2 Å². The molecule has 1 aromatic heterocycles. The highest BCUT2D eigenvalue weighted by Gasteiger charge is 2.19. The van der Waals surface area contributed by atoms with Gasteiger partial charge in [0.2, 0.25) is 0 Å². The third-order valence-electron chi connectivity index (χ3n) is 4.00. The lowest BCUT2D eigenvalue weighted by molar-refractivity contribution is 0.235. The van der Waals surface area contributed by atoms with Gasteiger partial charge in [-0.15, -0.1) is 0 Å². The van der Waals surface area contributed by atoms with Gasteiger partial charge in [0.1, 0.15) is 0 Å². The second-order valence-electron chi connectivity index (χ2n) is 5.69. The molecule has 0 radical (unpaired) electrons. The van der Waals surface area contributed by atoms with Crippen molar-refractivity contribution in [1.82, 2.24) is 15.2 Å². The van der Waals surface area contributed by atoms with Crippen LogP contribution < -0.4 is 5.32 Å². The van der Waals surface area contributed by atoms with Gasteiger partial charge in [0, 0.05) is 25.3 Å². The summed E-state index contributed by atoms with van der Waals surface area (Å²) in [4.78, 5) is 7.05. The van der Waals surface area contributed by atoms with Crippen LogP contribution in [0.3, 0.4) is 0 Å². The highest BCUT2D eigenvalue weighted by atomic mass is 15.1. The van der Waals surface area contributed by atoms with Gasteiger partial charge < -0.3 is 5.32 Å². The first kappa shape index (κ1) is 14.5. The summed E-state index contributed by atoms with van der Waals surface area (Å²) in [5.74, 6) is 0. The molecule has 0 spiro atoms. The van der Waals surface area contributed by atoms with E-state index in [0.717, 1.165) is 25.7 Å². The van der Waals surface area contributed by atoms with Crippen LogP contribution in [0.1, 0.15) is 50.3 Å². The van der Waals surface area contributed by atoms with Crippen LogP contribution in [0.4, 0.5) is 0 Å². The zero-order valence-corrected chi connectivity index (χ0v) is 12.4. The molecular formula is C16H27N3. The standard InChI is InChI=1S/C16H27N3/c1-3-10-17-11-14-8-9-15(18-12-14)13-19(2)16-6-4-5-7-16/h8-9,12,16-17H,3-7,10-11,13H2,1-2H3. The Hall–Kier alpha value is -0.930. The lowest BCUT2D eigenvalue weighted by Crippen LogP contribution is -2.28. The highest BCUT2D eigenvalue weighted by molar-refractivity contribution is 5.14. The quantitative estimate of drug-likeness (QED) is 0.765. The molecule has 1 heterocycles. The fourth-order valence-electron chi connectivity index (χ4n) is 2.79. The van der Waals surface area contributed by atoms with Gasteiger partial charge in [0.05, 0.1) is 5.69 Å². The number of pyridine rings is 1. The van der Waals surface area contributed by atoms with Gasteiger partial charge in [-0.2, -0.15) is 0 Å². The van der Waals surface area contributed by atoms with Crippen LogP contribution in [0.25, 0.3) is 0 Å². The first-order chi connectivity index (χ1) is 9.29. The Labute approximate surface area is 117 Å². The van der Waals surface area contributed by atoms with Crippen molar-refractivity contribution in [2.75, 3.05) is 13.6 Å². The number of hydrogen-bond acceptors (Lipinski definition) is 3. The maximum absolute atomic E-state index is 4.59. The van der Waals surface area contributed by atoms with E-state index in [1.165, 1.54) is 43.4 Å². The van der Waals surface area contributed by atoms with Crippen LogP contribution in [0, 0.1) is 0 Å². The molecule has 106 valence electrons. The van der Waals surface area contributed by atoms with Crippen LogP contribution in [0.5, 0.6) is 0 Å². The van der Waals surface area contributed by atoms with Gasteiger partial charge in [-0.25, -0.2) is 0 Å². The molecule has 1 aliphatic carbocycles. The summed E-state index contributed by atoms with van der Waals surface area (Å²) in [5, 5.41) is 3.41. The topological polar surface area (TPSA) is 28.2 Å². The number of nitrogens with one attached hydrogen (secondary N) is 1. The molecule has 0 atom stereocenters. The average molecular weight is 261 g/mol. The van der Waals surface area contributed by atoms with E-state index in [9.17, 15) is 0 Å². The van der Waals surface area contributed by atoms with E-state index in [0.29, 0.717) is 0 Å². The molecule has 2 rings (SSSR count). The molecule has 0 unspecified atom stereocenters. The number of nitrogens with zero attached hydrogens (tertiary/aromatic N) is 2. The van der Waals surface area contributed by atoms with E-state index in [2.05, 4.69) is 41.3 Å². The third-order valence-corrected chi connectivity index (χ3v) is 4.00. The van der Waals surface area contributed by atoms with Crippen LogP contribution in [0.15, 0.2) is 18.3 Å². The molecule has 3 nitrogen and oxygen atoms in total. The molecular weight excluding hydrogens is 234 g/mol. The molecule has 1 aromatic rings. The molecule has 1 fully saturated rings. The van der Waals surface area contributed by atoms with Crippen molar-refractivity contribution in [3.05, 3.63) is 29.6 Å². The van der Waals surface area contributed by atoms with Crippen LogP contribution in [-0.2, 0) is 13.1 Å². The van der Waals surface area contributed by atoms with Crippen molar-refractivity contribution >= 4 is 0 Å². The van der Waals surface area contributed by atoms with Gasteiger partial charge in [-0.3, -0.25) is 9.88 Å². The Kier molecular flexibility index (Phi) is 5.80. The predicted octanol–water partition coefficient (Wildman–Crippen LogP) is 2.96. The second kappa shape index (κ2) is 7.61. The smallest absolute Gasteiger partial charge is 0.0544 e. The number of aromatic nitrogens is 1. The second-order valence-corrected chi connectivity index (χ2v) is 5.69. The Morgan fingerprint density at radius 3 is 2.74 bits per heavy atom. The van der Waals surface area contributed by atoms with Crippen molar-refractivity contribution in [2.24, 2.45) is 0 Å². The monoisotopic (exact) mass is 261 g/mol. The van der Waals surface area contributed by atoms with E-state index >= 15 is 0 Å². The Morgan fingerprint density at radius 2 is 2.11 bits per heavy atom. The van der Waals surface area contributed by atoms with Gasteiger partial charge in [-0.1, -0.05) is 25.8 Å². The van der Waals surface area contributed by atoms with Gasteiger partial charge in [0.15, 0.2) is 0 Å². The maximum atomic E-state index is 4.59. The molecule has 19 heavy (non-hydrogen) atoms. The third kappa shape index (κ3) is 4.59. The Morgan fingerprint density at radius 1 is 1.32 bits per heavy atom. The molecule has 1 saturated carbocycles. The summed E-state index contributed by atoms with van der Waals surface area (Å²) in [6, 6.07) is 5.15. The summed E-state index contributed by atoms with van der Waals surface area (Å²) < 4.78 is 0. The summed E-state index contributed by atoms with van der Waals surface area (Å²) in [7, 11) is 2.23.